The Balaban J connectivity index is 2.33. The van der Waals surface area contributed by atoms with E-state index in [1.54, 1.807) is 12.1 Å². The number of ether oxygens (including phenoxy) is 1. The van der Waals surface area contributed by atoms with Crippen LogP contribution in [0.5, 0.6) is 11.5 Å². The molecular formula is C25H26O4. The summed E-state index contributed by atoms with van der Waals surface area (Å²) in [5.74, 6) is -0.727. The van der Waals surface area contributed by atoms with E-state index in [0.29, 0.717) is 22.8 Å². The van der Waals surface area contributed by atoms with E-state index < -0.39 is 5.97 Å². The van der Waals surface area contributed by atoms with Crippen molar-refractivity contribution in [3.8, 4) is 11.5 Å². The van der Waals surface area contributed by atoms with Crippen molar-refractivity contribution >= 4 is 22.3 Å². The van der Waals surface area contributed by atoms with Gasteiger partial charge in [-0.2, -0.15) is 0 Å². The van der Waals surface area contributed by atoms with Crippen LogP contribution in [0.4, 0.5) is 0 Å². The molecule has 3 aromatic carbocycles. The third-order valence-electron chi connectivity index (χ3n) is 4.74. The van der Waals surface area contributed by atoms with Gasteiger partial charge in [-0.1, -0.05) is 75.4 Å². The molecule has 4 heteroatoms. The molecule has 3 aromatic rings. The number of carboxylic acids is 1. The summed E-state index contributed by atoms with van der Waals surface area (Å²) in [6.07, 6.45) is 2.36. The molecule has 0 aliphatic carbocycles. The number of rotatable bonds is 5. The maximum Gasteiger partial charge on any atom is 0.336 e. The average Bonchev–Trinajstić information content (AvgIpc) is 2.67. The number of allylic oxidation sites excluding steroid dienone is 1. The van der Waals surface area contributed by atoms with Gasteiger partial charge in [0.2, 0.25) is 0 Å². The van der Waals surface area contributed by atoms with E-state index in [-0.39, 0.29) is 22.5 Å². The van der Waals surface area contributed by atoms with Gasteiger partial charge in [0.05, 0.1) is 12.7 Å². The van der Waals surface area contributed by atoms with Crippen molar-refractivity contribution in [2.75, 3.05) is 7.11 Å². The van der Waals surface area contributed by atoms with Gasteiger partial charge in [-0.3, -0.25) is 0 Å². The Morgan fingerprint density at radius 1 is 1.07 bits per heavy atom. The first-order chi connectivity index (χ1) is 13.7. The van der Waals surface area contributed by atoms with E-state index in [2.05, 4.69) is 0 Å². The van der Waals surface area contributed by atoms with Crippen LogP contribution in [0.25, 0.3) is 16.3 Å². The van der Waals surface area contributed by atoms with Gasteiger partial charge >= 0.3 is 5.97 Å². The SMILES string of the molecule is COc1cc(/C(=C/C(C)(C)C)C(=O)O)c2cccc(Cc3ccccc3)c2c1O. The van der Waals surface area contributed by atoms with Crippen molar-refractivity contribution in [3.63, 3.8) is 0 Å². The first-order valence-corrected chi connectivity index (χ1v) is 9.53. The third-order valence-corrected chi connectivity index (χ3v) is 4.74. The zero-order chi connectivity index (χ0) is 21.2. The quantitative estimate of drug-likeness (QED) is 0.552. The lowest BCUT2D eigenvalue weighted by Gasteiger charge is -2.18. The Bertz CT molecular complexity index is 1070. The first kappa shape index (κ1) is 20.5. The number of fused-ring (bicyclic) bond motifs is 1. The van der Waals surface area contributed by atoms with Crippen LogP contribution >= 0.6 is 0 Å². The van der Waals surface area contributed by atoms with E-state index in [0.717, 1.165) is 11.1 Å². The standard InChI is InChI=1S/C25H26O4/c1-25(2,3)15-20(24(27)28)19-14-21(29-4)23(26)22-17(11-8-12-18(19)22)13-16-9-6-5-7-10-16/h5-12,14-15,26H,13H2,1-4H3,(H,27,28)/b20-15-. The number of phenolic OH excluding ortho intramolecular Hbond substituents is 1. The maximum atomic E-state index is 12.1. The number of hydrogen-bond donors (Lipinski definition) is 2. The highest BCUT2D eigenvalue weighted by Crippen LogP contribution is 2.42. The van der Waals surface area contributed by atoms with Crippen molar-refractivity contribution in [2.24, 2.45) is 5.41 Å². The second-order valence-corrected chi connectivity index (χ2v) is 8.21. The minimum absolute atomic E-state index is 0.0262. The molecule has 2 N–H and O–H groups in total. The highest BCUT2D eigenvalue weighted by Gasteiger charge is 2.22. The van der Waals surface area contributed by atoms with Crippen LogP contribution in [-0.2, 0) is 11.2 Å². The third kappa shape index (κ3) is 4.43. The molecule has 29 heavy (non-hydrogen) atoms. The predicted molar refractivity (Wildman–Crippen MR) is 116 cm³/mol. The smallest absolute Gasteiger partial charge is 0.336 e. The van der Waals surface area contributed by atoms with Crippen LogP contribution in [0.15, 0.2) is 60.7 Å². The molecule has 0 bridgehead atoms. The Hall–Kier alpha value is -3.27. The van der Waals surface area contributed by atoms with E-state index in [1.165, 1.54) is 7.11 Å². The normalized spacial score (nSPS) is 12.2. The van der Waals surface area contributed by atoms with E-state index >= 15 is 0 Å². The second-order valence-electron chi connectivity index (χ2n) is 8.21. The summed E-state index contributed by atoms with van der Waals surface area (Å²) in [6.45, 7) is 5.86. The largest absolute Gasteiger partial charge is 0.504 e. The van der Waals surface area contributed by atoms with E-state index in [1.807, 2.05) is 69.3 Å². The fraction of sp³-hybridized carbons (Fsp3) is 0.240. The van der Waals surface area contributed by atoms with Crippen LogP contribution in [0.2, 0.25) is 0 Å². The average molecular weight is 390 g/mol. The van der Waals surface area contributed by atoms with Gasteiger partial charge < -0.3 is 14.9 Å². The minimum Gasteiger partial charge on any atom is -0.504 e. The molecule has 4 nitrogen and oxygen atoms in total. The number of carbonyl (C=O) groups is 1. The summed E-state index contributed by atoms with van der Waals surface area (Å²) in [5.41, 5.74) is 2.41. The zero-order valence-electron chi connectivity index (χ0n) is 17.2. The van der Waals surface area contributed by atoms with E-state index in [4.69, 9.17) is 4.74 Å². The molecule has 0 fully saturated rings. The lowest BCUT2D eigenvalue weighted by Crippen LogP contribution is -2.08. The molecule has 0 heterocycles. The number of aliphatic carboxylic acids is 1. The van der Waals surface area contributed by atoms with Crippen LogP contribution < -0.4 is 4.74 Å². The zero-order valence-corrected chi connectivity index (χ0v) is 17.2. The molecule has 0 unspecified atom stereocenters. The van der Waals surface area contributed by atoms with Crippen LogP contribution in [0.1, 0.15) is 37.5 Å². The van der Waals surface area contributed by atoms with E-state index in [9.17, 15) is 15.0 Å². The molecule has 0 amide bonds. The minimum atomic E-state index is -1.01. The Morgan fingerprint density at radius 2 is 1.76 bits per heavy atom. The monoisotopic (exact) mass is 390 g/mol. The molecule has 0 saturated carbocycles. The number of hydrogen-bond acceptors (Lipinski definition) is 3. The molecule has 0 atom stereocenters. The molecule has 0 aliphatic heterocycles. The van der Waals surface area contributed by atoms with Crippen molar-refractivity contribution < 1.29 is 19.7 Å². The fourth-order valence-electron chi connectivity index (χ4n) is 3.53. The summed E-state index contributed by atoms with van der Waals surface area (Å²) in [6, 6.07) is 17.3. The highest BCUT2D eigenvalue weighted by atomic mass is 16.5. The Labute approximate surface area is 171 Å². The molecule has 0 aromatic heterocycles. The maximum absolute atomic E-state index is 12.1. The summed E-state index contributed by atoms with van der Waals surface area (Å²) >= 11 is 0. The Morgan fingerprint density at radius 3 is 2.34 bits per heavy atom. The summed E-state index contributed by atoms with van der Waals surface area (Å²) in [5, 5.41) is 22.1. The van der Waals surface area contributed by atoms with Crippen molar-refractivity contribution in [3.05, 3.63) is 77.4 Å². The van der Waals surface area contributed by atoms with Gasteiger partial charge in [0.25, 0.3) is 0 Å². The molecule has 0 saturated heterocycles. The lowest BCUT2D eigenvalue weighted by molar-refractivity contribution is -0.130. The van der Waals surface area contributed by atoms with Crippen LogP contribution in [-0.4, -0.2) is 23.3 Å². The van der Waals surface area contributed by atoms with Crippen molar-refractivity contribution in [1.82, 2.24) is 0 Å². The first-order valence-electron chi connectivity index (χ1n) is 9.53. The van der Waals surface area contributed by atoms with Gasteiger partial charge in [-0.25, -0.2) is 4.79 Å². The van der Waals surface area contributed by atoms with Gasteiger partial charge in [0.15, 0.2) is 11.5 Å². The van der Waals surface area contributed by atoms with Gasteiger partial charge in [-0.05, 0) is 34.4 Å². The molecule has 3 rings (SSSR count). The van der Waals surface area contributed by atoms with Crippen molar-refractivity contribution in [2.45, 2.75) is 27.2 Å². The van der Waals surface area contributed by atoms with Crippen LogP contribution in [0.3, 0.4) is 0 Å². The van der Waals surface area contributed by atoms with Gasteiger partial charge in [0.1, 0.15) is 0 Å². The molecule has 0 radical (unpaired) electrons. The number of phenols is 1. The number of benzene rings is 3. The molecular weight excluding hydrogens is 364 g/mol. The highest BCUT2D eigenvalue weighted by molar-refractivity contribution is 6.20. The van der Waals surface area contributed by atoms with Crippen LogP contribution in [0, 0.1) is 5.41 Å². The molecule has 0 spiro atoms. The fourth-order valence-corrected chi connectivity index (χ4v) is 3.53. The lowest BCUT2D eigenvalue weighted by atomic mass is 9.87. The van der Waals surface area contributed by atoms with Crippen molar-refractivity contribution in [1.29, 1.82) is 0 Å². The number of aromatic hydroxyl groups is 1. The van der Waals surface area contributed by atoms with Gasteiger partial charge in [-0.15, -0.1) is 0 Å². The Kier molecular flexibility index (Phi) is 5.64. The second kappa shape index (κ2) is 8.00. The number of carboxylic acid groups (broad SMARTS) is 1. The summed E-state index contributed by atoms with van der Waals surface area (Å²) in [7, 11) is 1.47. The van der Waals surface area contributed by atoms with Gasteiger partial charge in [0, 0.05) is 10.9 Å². The predicted octanol–water partition coefficient (Wildman–Crippen LogP) is 5.66. The number of methoxy groups -OCH3 is 1. The summed E-state index contributed by atoms with van der Waals surface area (Å²) < 4.78 is 5.39. The molecule has 0 aliphatic rings. The summed E-state index contributed by atoms with van der Waals surface area (Å²) in [4.78, 5) is 12.1. The molecule has 150 valence electrons. The topological polar surface area (TPSA) is 66.8 Å².